The lowest BCUT2D eigenvalue weighted by Gasteiger charge is -2.26. The topological polar surface area (TPSA) is 59.4 Å². The van der Waals surface area contributed by atoms with Crippen LogP contribution in [0, 0.1) is 5.92 Å². The molecule has 0 aromatic carbocycles. The van der Waals surface area contributed by atoms with Crippen molar-refractivity contribution in [3.05, 3.63) is 11.9 Å². The van der Waals surface area contributed by atoms with E-state index in [0.717, 1.165) is 58.1 Å². The van der Waals surface area contributed by atoms with Gasteiger partial charge in [0.2, 0.25) is 5.95 Å². The molecule has 0 atom stereocenters. The summed E-state index contributed by atoms with van der Waals surface area (Å²) in [6.45, 7) is 4.29. The molecule has 2 aliphatic rings. The van der Waals surface area contributed by atoms with Crippen molar-refractivity contribution in [1.82, 2.24) is 14.5 Å². The van der Waals surface area contributed by atoms with Gasteiger partial charge in [0.15, 0.2) is 0 Å². The van der Waals surface area contributed by atoms with E-state index < -0.39 is 0 Å². The molecular weight excluding hydrogens is 256 g/mol. The molecule has 0 bridgehead atoms. The summed E-state index contributed by atoms with van der Waals surface area (Å²) in [7, 11) is 1.86. The van der Waals surface area contributed by atoms with Gasteiger partial charge in [0.05, 0.1) is 0 Å². The Morgan fingerprint density at radius 1 is 1.55 bits per heavy atom. The molecule has 3 heterocycles. The molecule has 0 radical (unpaired) electrons. The minimum atomic E-state index is 0.0141. The lowest BCUT2D eigenvalue weighted by atomic mass is 10.00. The van der Waals surface area contributed by atoms with Crippen molar-refractivity contribution in [2.75, 3.05) is 38.7 Å². The molecule has 0 saturated carbocycles. The lowest BCUT2D eigenvalue weighted by Crippen LogP contribution is -2.34. The van der Waals surface area contributed by atoms with Gasteiger partial charge >= 0.3 is 0 Å². The van der Waals surface area contributed by atoms with Gasteiger partial charge in [-0.2, -0.15) is 0 Å². The Balaban J connectivity index is 1.63. The molecule has 3 rings (SSSR count). The van der Waals surface area contributed by atoms with Gasteiger partial charge < -0.3 is 19.5 Å². The number of anilines is 1. The summed E-state index contributed by atoms with van der Waals surface area (Å²) >= 11 is 0. The van der Waals surface area contributed by atoms with Gasteiger partial charge in [0, 0.05) is 46.1 Å². The fourth-order valence-corrected chi connectivity index (χ4v) is 2.87. The quantitative estimate of drug-likeness (QED) is 0.902. The number of nitrogens with zero attached hydrogens (tertiary/aromatic N) is 3. The van der Waals surface area contributed by atoms with Crippen molar-refractivity contribution >= 4 is 11.9 Å². The Labute approximate surface area is 119 Å². The Morgan fingerprint density at radius 3 is 3.10 bits per heavy atom. The van der Waals surface area contributed by atoms with Crippen molar-refractivity contribution in [2.24, 2.45) is 5.92 Å². The summed E-state index contributed by atoms with van der Waals surface area (Å²) in [6, 6.07) is 0. The molecule has 1 saturated heterocycles. The minimum absolute atomic E-state index is 0.0141. The molecule has 1 fully saturated rings. The lowest BCUT2D eigenvalue weighted by molar-refractivity contribution is 0.0495. The third kappa shape index (κ3) is 2.80. The Morgan fingerprint density at radius 2 is 2.35 bits per heavy atom. The largest absolute Gasteiger partial charge is 0.381 e. The highest BCUT2D eigenvalue weighted by atomic mass is 16.5. The summed E-state index contributed by atoms with van der Waals surface area (Å²) in [5.74, 6) is 1.38. The molecule has 6 heteroatoms. The van der Waals surface area contributed by atoms with Crippen LogP contribution in [0.15, 0.2) is 6.20 Å². The van der Waals surface area contributed by atoms with Crippen molar-refractivity contribution in [3.63, 3.8) is 0 Å². The number of rotatable bonds is 3. The number of carbonyl (C=O) groups excluding carboxylic acids is 1. The number of hydrogen-bond acceptors (Lipinski definition) is 4. The minimum Gasteiger partial charge on any atom is -0.381 e. The van der Waals surface area contributed by atoms with E-state index >= 15 is 0 Å². The van der Waals surface area contributed by atoms with Crippen LogP contribution in [-0.4, -0.2) is 53.7 Å². The van der Waals surface area contributed by atoms with E-state index in [2.05, 4.69) is 10.3 Å². The first-order valence-corrected chi connectivity index (χ1v) is 7.38. The highest BCUT2D eigenvalue weighted by Crippen LogP contribution is 2.18. The van der Waals surface area contributed by atoms with Crippen LogP contribution in [0.5, 0.6) is 0 Å². The molecule has 0 spiro atoms. The third-order valence-corrected chi connectivity index (χ3v) is 4.07. The SMILES string of the molecule is CN(CC1CCOCC1)C(=O)c1cn2c(n1)NCCC2. The first-order valence-electron chi connectivity index (χ1n) is 7.38. The predicted molar refractivity (Wildman–Crippen MR) is 75.8 cm³/mol. The number of ether oxygens (including phenoxy) is 1. The van der Waals surface area contributed by atoms with E-state index in [0.29, 0.717) is 11.6 Å². The summed E-state index contributed by atoms with van der Waals surface area (Å²) in [4.78, 5) is 18.6. The molecule has 2 aliphatic heterocycles. The predicted octanol–water partition coefficient (Wildman–Crippen LogP) is 1.20. The van der Waals surface area contributed by atoms with E-state index in [4.69, 9.17) is 4.74 Å². The van der Waals surface area contributed by atoms with Crippen LogP contribution in [0.1, 0.15) is 29.8 Å². The number of aromatic nitrogens is 2. The molecule has 1 aromatic heterocycles. The summed E-state index contributed by atoms with van der Waals surface area (Å²) in [6.07, 6.45) is 5.02. The summed E-state index contributed by atoms with van der Waals surface area (Å²) in [5, 5.41) is 3.22. The Kier molecular flexibility index (Phi) is 3.91. The molecule has 1 aromatic rings. The van der Waals surface area contributed by atoms with Crippen LogP contribution >= 0.6 is 0 Å². The normalized spacial score (nSPS) is 19.2. The van der Waals surface area contributed by atoms with Crippen LogP contribution in [0.3, 0.4) is 0 Å². The van der Waals surface area contributed by atoms with Crippen LogP contribution in [0.2, 0.25) is 0 Å². The molecule has 1 N–H and O–H groups in total. The van der Waals surface area contributed by atoms with Crippen molar-refractivity contribution in [3.8, 4) is 0 Å². The highest BCUT2D eigenvalue weighted by molar-refractivity contribution is 5.92. The van der Waals surface area contributed by atoms with Crippen LogP contribution in [-0.2, 0) is 11.3 Å². The molecular formula is C14H22N4O2. The van der Waals surface area contributed by atoms with Crippen LogP contribution in [0.4, 0.5) is 5.95 Å². The van der Waals surface area contributed by atoms with Gasteiger partial charge in [-0.25, -0.2) is 4.98 Å². The average Bonchev–Trinajstić information content (AvgIpc) is 2.91. The zero-order valence-corrected chi connectivity index (χ0v) is 12.0. The van der Waals surface area contributed by atoms with E-state index in [9.17, 15) is 4.79 Å². The molecule has 20 heavy (non-hydrogen) atoms. The number of aryl methyl sites for hydroxylation is 1. The summed E-state index contributed by atoms with van der Waals surface area (Å²) < 4.78 is 7.38. The van der Waals surface area contributed by atoms with Crippen LogP contribution in [0.25, 0.3) is 0 Å². The van der Waals surface area contributed by atoms with E-state index in [1.54, 1.807) is 4.90 Å². The van der Waals surface area contributed by atoms with E-state index in [-0.39, 0.29) is 5.91 Å². The van der Waals surface area contributed by atoms with Gasteiger partial charge in [-0.05, 0) is 25.2 Å². The van der Waals surface area contributed by atoms with Crippen molar-refractivity contribution in [1.29, 1.82) is 0 Å². The molecule has 0 aliphatic carbocycles. The number of fused-ring (bicyclic) bond motifs is 1. The molecule has 0 unspecified atom stereocenters. The fraction of sp³-hybridized carbons (Fsp3) is 0.714. The number of imidazole rings is 1. The number of hydrogen-bond donors (Lipinski definition) is 1. The van der Waals surface area contributed by atoms with Crippen molar-refractivity contribution in [2.45, 2.75) is 25.8 Å². The second-order valence-electron chi connectivity index (χ2n) is 5.66. The third-order valence-electron chi connectivity index (χ3n) is 4.07. The fourth-order valence-electron chi connectivity index (χ4n) is 2.87. The second kappa shape index (κ2) is 5.83. The Hall–Kier alpha value is -1.56. The van der Waals surface area contributed by atoms with E-state index in [1.165, 1.54) is 0 Å². The molecule has 6 nitrogen and oxygen atoms in total. The van der Waals surface area contributed by atoms with Gasteiger partial charge in [-0.15, -0.1) is 0 Å². The zero-order valence-electron chi connectivity index (χ0n) is 12.0. The maximum Gasteiger partial charge on any atom is 0.273 e. The van der Waals surface area contributed by atoms with Crippen molar-refractivity contribution < 1.29 is 9.53 Å². The van der Waals surface area contributed by atoms with Crippen LogP contribution < -0.4 is 5.32 Å². The molecule has 110 valence electrons. The standard InChI is InChI=1S/C14H22N4O2/c1-17(9-11-3-7-20-8-4-11)13(19)12-10-18-6-2-5-15-14(18)16-12/h10-11H,2-9H2,1H3,(H,15,16). The first-order chi connectivity index (χ1) is 9.74. The second-order valence-corrected chi connectivity index (χ2v) is 5.66. The highest BCUT2D eigenvalue weighted by Gasteiger charge is 2.22. The van der Waals surface area contributed by atoms with Gasteiger partial charge in [-0.3, -0.25) is 4.79 Å². The maximum absolute atomic E-state index is 12.4. The summed E-state index contributed by atoms with van der Waals surface area (Å²) in [5.41, 5.74) is 0.545. The first kappa shape index (κ1) is 13.4. The average molecular weight is 278 g/mol. The Bertz CT molecular complexity index is 456. The number of amides is 1. The molecule has 1 amide bonds. The monoisotopic (exact) mass is 278 g/mol. The zero-order chi connectivity index (χ0) is 13.9. The number of nitrogens with one attached hydrogen (secondary N) is 1. The van der Waals surface area contributed by atoms with Gasteiger partial charge in [0.25, 0.3) is 5.91 Å². The van der Waals surface area contributed by atoms with Gasteiger partial charge in [-0.1, -0.05) is 0 Å². The van der Waals surface area contributed by atoms with E-state index in [1.807, 2.05) is 17.8 Å². The number of carbonyl (C=O) groups is 1. The smallest absolute Gasteiger partial charge is 0.273 e. The van der Waals surface area contributed by atoms with Gasteiger partial charge in [0.1, 0.15) is 5.69 Å². The maximum atomic E-state index is 12.4.